The summed E-state index contributed by atoms with van der Waals surface area (Å²) >= 11 is 5.93. The number of benzene rings is 2. The van der Waals surface area contributed by atoms with Gasteiger partial charge in [0.05, 0.1) is 18.5 Å². The minimum atomic E-state index is -0.383. The fraction of sp³-hybridized carbons (Fsp3) is 0.111. The van der Waals surface area contributed by atoms with Gasteiger partial charge in [0, 0.05) is 22.8 Å². The van der Waals surface area contributed by atoms with Crippen molar-refractivity contribution in [2.75, 3.05) is 17.7 Å². The lowest BCUT2D eigenvalue weighted by Gasteiger charge is -2.11. The van der Waals surface area contributed by atoms with Crippen LogP contribution >= 0.6 is 11.6 Å². The van der Waals surface area contributed by atoms with Crippen molar-refractivity contribution in [3.63, 3.8) is 0 Å². The first-order chi connectivity index (χ1) is 12.0. The number of hydrogen-bond donors (Lipinski definition) is 2. The number of anilines is 2. The van der Waals surface area contributed by atoms with E-state index in [1.165, 1.54) is 0 Å². The summed E-state index contributed by atoms with van der Waals surface area (Å²) in [7, 11) is 1.60. The van der Waals surface area contributed by atoms with Gasteiger partial charge in [0.2, 0.25) is 0 Å². The lowest BCUT2D eigenvalue weighted by molar-refractivity contribution is 0.262. The molecule has 2 N–H and O–H groups in total. The summed E-state index contributed by atoms with van der Waals surface area (Å²) in [4.78, 5) is 12.3. The van der Waals surface area contributed by atoms with Gasteiger partial charge in [-0.1, -0.05) is 23.7 Å². The Labute approximate surface area is 150 Å². The molecule has 0 spiro atoms. The summed E-state index contributed by atoms with van der Waals surface area (Å²) in [6, 6.07) is 15.8. The van der Waals surface area contributed by atoms with E-state index in [0.29, 0.717) is 22.3 Å². The molecule has 0 unspecified atom stereocenters. The Morgan fingerprint density at radius 1 is 1.12 bits per heavy atom. The predicted molar refractivity (Wildman–Crippen MR) is 98.9 cm³/mol. The third-order valence-corrected chi connectivity index (χ3v) is 3.69. The molecule has 3 rings (SSSR count). The number of nitrogens with one attached hydrogen (secondary N) is 2. The number of methoxy groups -OCH3 is 1. The summed E-state index contributed by atoms with van der Waals surface area (Å²) in [6.45, 7) is 1.86. The van der Waals surface area contributed by atoms with E-state index in [-0.39, 0.29) is 6.03 Å². The second-order valence-corrected chi connectivity index (χ2v) is 5.81. The first kappa shape index (κ1) is 16.9. The second kappa shape index (κ2) is 7.27. The van der Waals surface area contributed by atoms with Crippen LogP contribution in [0.1, 0.15) is 5.69 Å². The maximum absolute atomic E-state index is 12.3. The van der Waals surface area contributed by atoms with Gasteiger partial charge in [0.15, 0.2) is 0 Å². The van der Waals surface area contributed by atoms with Crippen LogP contribution in [0.5, 0.6) is 5.75 Å². The number of rotatable bonds is 4. The van der Waals surface area contributed by atoms with Gasteiger partial charge in [-0.15, -0.1) is 0 Å². The Kier molecular flexibility index (Phi) is 4.90. The van der Waals surface area contributed by atoms with Crippen molar-refractivity contribution >= 4 is 29.1 Å². The number of aromatic nitrogens is 2. The van der Waals surface area contributed by atoms with Gasteiger partial charge in [-0.2, -0.15) is 5.10 Å². The second-order valence-electron chi connectivity index (χ2n) is 5.37. The lowest BCUT2D eigenvalue weighted by Crippen LogP contribution is -2.21. The van der Waals surface area contributed by atoms with E-state index in [9.17, 15) is 4.79 Å². The molecule has 0 saturated heterocycles. The van der Waals surface area contributed by atoms with Crippen molar-refractivity contribution in [2.45, 2.75) is 6.92 Å². The molecule has 0 fully saturated rings. The van der Waals surface area contributed by atoms with Crippen LogP contribution in [0.4, 0.5) is 16.3 Å². The van der Waals surface area contributed by atoms with Gasteiger partial charge < -0.3 is 10.1 Å². The standard InChI is InChI=1S/C18H17ClN4O2/c1-12-9-17(21-18(24)20-14-6-3-5-13(19)10-14)23(22-12)15-7-4-8-16(11-15)25-2/h3-11H,1-2H3,(H2,20,21,24). The maximum Gasteiger partial charge on any atom is 0.324 e. The van der Waals surface area contributed by atoms with Crippen molar-refractivity contribution in [3.8, 4) is 11.4 Å². The van der Waals surface area contributed by atoms with E-state index in [4.69, 9.17) is 16.3 Å². The van der Waals surface area contributed by atoms with Crippen molar-refractivity contribution in [2.24, 2.45) is 0 Å². The SMILES string of the molecule is COc1cccc(-n2nc(C)cc2NC(=O)Nc2cccc(Cl)c2)c1. The Morgan fingerprint density at radius 2 is 1.92 bits per heavy atom. The highest BCUT2D eigenvalue weighted by molar-refractivity contribution is 6.30. The minimum absolute atomic E-state index is 0.383. The molecule has 7 heteroatoms. The number of urea groups is 1. The fourth-order valence-electron chi connectivity index (χ4n) is 2.37. The fourth-order valence-corrected chi connectivity index (χ4v) is 2.56. The van der Waals surface area contributed by atoms with E-state index in [0.717, 1.165) is 11.4 Å². The maximum atomic E-state index is 12.3. The molecule has 0 aliphatic carbocycles. The zero-order chi connectivity index (χ0) is 17.8. The number of carbonyl (C=O) groups is 1. The van der Waals surface area contributed by atoms with Crippen molar-refractivity contribution in [1.82, 2.24) is 9.78 Å². The molecule has 0 aliphatic rings. The largest absolute Gasteiger partial charge is 0.497 e. The van der Waals surface area contributed by atoms with Crippen LogP contribution in [0.2, 0.25) is 5.02 Å². The number of carbonyl (C=O) groups excluding carboxylic acids is 1. The van der Waals surface area contributed by atoms with Crippen molar-refractivity contribution < 1.29 is 9.53 Å². The first-order valence-electron chi connectivity index (χ1n) is 7.60. The summed E-state index contributed by atoms with van der Waals surface area (Å²) in [6.07, 6.45) is 0. The summed E-state index contributed by atoms with van der Waals surface area (Å²) in [5, 5.41) is 10.5. The topological polar surface area (TPSA) is 68.2 Å². The predicted octanol–water partition coefficient (Wildman–Crippen LogP) is 4.49. The normalized spacial score (nSPS) is 10.4. The smallest absolute Gasteiger partial charge is 0.324 e. The molecule has 2 amide bonds. The van der Waals surface area contributed by atoms with E-state index in [1.54, 1.807) is 42.1 Å². The molecule has 128 valence electrons. The van der Waals surface area contributed by atoms with E-state index < -0.39 is 0 Å². The highest BCUT2D eigenvalue weighted by atomic mass is 35.5. The Hall–Kier alpha value is -2.99. The van der Waals surface area contributed by atoms with Gasteiger partial charge in [-0.25, -0.2) is 9.48 Å². The van der Waals surface area contributed by atoms with Crippen LogP contribution in [0.3, 0.4) is 0 Å². The molecule has 0 radical (unpaired) electrons. The molecular formula is C18H17ClN4O2. The Morgan fingerprint density at radius 3 is 2.68 bits per heavy atom. The average Bonchev–Trinajstić information content (AvgIpc) is 2.95. The molecular weight excluding hydrogens is 340 g/mol. The summed E-state index contributed by atoms with van der Waals surface area (Å²) in [5.41, 5.74) is 2.17. The van der Waals surface area contributed by atoms with Crippen LogP contribution in [-0.4, -0.2) is 22.9 Å². The van der Waals surface area contributed by atoms with Crippen LogP contribution in [-0.2, 0) is 0 Å². The molecule has 1 heterocycles. The van der Waals surface area contributed by atoms with Crippen LogP contribution in [0, 0.1) is 6.92 Å². The quantitative estimate of drug-likeness (QED) is 0.723. The van der Waals surface area contributed by atoms with Gasteiger partial charge in [-0.3, -0.25) is 5.32 Å². The Bertz CT molecular complexity index is 908. The molecule has 3 aromatic rings. The van der Waals surface area contributed by atoms with Crippen LogP contribution in [0.25, 0.3) is 5.69 Å². The van der Waals surface area contributed by atoms with Gasteiger partial charge >= 0.3 is 6.03 Å². The van der Waals surface area contributed by atoms with Gasteiger partial charge in [0.25, 0.3) is 0 Å². The molecule has 0 aliphatic heterocycles. The number of aryl methyl sites for hydroxylation is 1. The third-order valence-electron chi connectivity index (χ3n) is 3.45. The lowest BCUT2D eigenvalue weighted by atomic mass is 10.3. The monoisotopic (exact) mass is 356 g/mol. The molecule has 0 saturated carbocycles. The summed E-state index contributed by atoms with van der Waals surface area (Å²) < 4.78 is 6.89. The average molecular weight is 357 g/mol. The molecule has 6 nitrogen and oxygen atoms in total. The van der Waals surface area contributed by atoms with Crippen LogP contribution < -0.4 is 15.4 Å². The van der Waals surface area contributed by atoms with E-state index in [2.05, 4.69) is 15.7 Å². The number of amides is 2. The third kappa shape index (κ3) is 4.10. The van der Waals surface area contributed by atoms with Gasteiger partial charge in [0.1, 0.15) is 11.6 Å². The number of halogens is 1. The highest BCUT2D eigenvalue weighted by Gasteiger charge is 2.12. The summed E-state index contributed by atoms with van der Waals surface area (Å²) in [5.74, 6) is 1.25. The van der Waals surface area contributed by atoms with E-state index >= 15 is 0 Å². The molecule has 0 atom stereocenters. The molecule has 1 aromatic heterocycles. The van der Waals surface area contributed by atoms with E-state index in [1.807, 2.05) is 31.2 Å². The zero-order valence-electron chi connectivity index (χ0n) is 13.8. The molecule has 0 bridgehead atoms. The molecule has 2 aromatic carbocycles. The minimum Gasteiger partial charge on any atom is -0.497 e. The molecule has 25 heavy (non-hydrogen) atoms. The highest BCUT2D eigenvalue weighted by Crippen LogP contribution is 2.21. The number of hydrogen-bond acceptors (Lipinski definition) is 3. The first-order valence-corrected chi connectivity index (χ1v) is 7.97. The van der Waals surface area contributed by atoms with Crippen molar-refractivity contribution in [3.05, 3.63) is 65.3 Å². The Balaban J connectivity index is 1.82. The van der Waals surface area contributed by atoms with Crippen molar-refractivity contribution in [1.29, 1.82) is 0 Å². The number of ether oxygens (including phenoxy) is 1. The van der Waals surface area contributed by atoms with Crippen LogP contribution in [0.15, 0.2) is 54.6 Å². The zero-order valence-corrected chi connectivity index (χ0v) is 14.5. The number of nitrogens with zero attached hydrogens (tertiary/aromatic N) is 2. The van der Waals surface area contributed by atoms with Gasteiger partial charge in [-0.05, 0) is 37.3 Å².